The predicted octanol–water partition coefficient (Wildman–Crippen LogP) is 1.41. The summed E-state index contributed by atoms with van der Waals surface area (Å²) < 4.78 is 25.9. The summed E-state index contributed by atoms with van der Waals surface area (Å²) in [5.41, 5.74) is 0. The third-order valence-electron chi connectivity index (χ3n) is 2.45. The van der Waals surface area contributed by atoms with Crippen LogP contribution in [0.25, 0.3) is 0 Å². The van der Waals surface area contributed by atoms with Gasteiger partial charge in [0.15, 0.2) is 6.10 Å². The van der Waals surface area contributed by atoms with Crippen molar-refractivity contribution in [3.63, 3.8) is 0 Å². The van der Waals surface area contributed by atoms with E-state index in [0.29, 0.717) is 52.7 Å². The van der Waals surface area contributed by atoms with Gasteiger partial charge in [0.2, 0.25) is 0 Å². The third kappa shape index (κ3) is 11.2. The van der Waals surface area contributed by atoms with Crippen LogP contribution in [0.1, 0.15) is 26.7 Å². The maximum atomic E-state index is 11.6. The van der Waals surface area contributed by atoms with Gasteiger partial charge in [0.1, 0.15) is 0 Å². The minimum atomic E-state index is -0.485. The van der Waals surface area contributed by atoms with Gasteiger partial charge in [0.25, 0.3) is 0 Å². The molecule has 0 saturated carbocycles. The number of hydrogen-bond donors (Lipinski definition) is 0. The fourth-order valence-corrected chi connectivity index (χ4v) is 1.48. The highest BCUT2D eigenvalue weighted by molar-refractivity contribution is 5.74. The fraction of sp³-hybridized carbons (Fsp3) is 0.929. The lowest BCUT2D eigenvalue weighted by Crippen LogP contribution is -2.28. The second-order valence-corrected chi connectivity index (χ2v) is 4.12. The summed E-state index contributed by atoms with van der Waals surface area (Å²) in [4.78, 5) is 11.6. The van der Waals surface area contributed by atoms with E-state index in [2.05, 4.69) is 0 Å². The molecule has 0 heterocycles. The van der Waals surface area contributed by atoms with Crippen LogP contribution in [0.4, 0.5) is 0 Å². The van der Waals surface area contributed by atoms with E-state index in [-0.39, 0.29) is 5.97 Å². The van der Waals surface area contributed by atoms with Crippen LogP contribution in [0.2, 0.25) is 0 Å². The van der Waals surface area contributed by atoms with E-state index >= 15 is 0 Å². The molecule has 0 aliphatic rings. The first-order valence-corrected chi connectivity index (χ1v) is 7.18. The smallest absolute Gasteiger partial charge is 0.335 e. The molecule has 0 aliphatic heterocycles. The van der Waals surface area contributed by atoms with E-state index in [4.69, 9.17) is 23.7 Å². The molecule has 20 heavy (non-hydrogen) atoms. The number of rotatable bonds is 14. The second-order valence-electron chi connectivity index (χ2n) is 4.12. The van der Waals surface area contributed by atoms with Crippen LogP contribution in [-0.4, -0.2) is 65.4 Å². The zero-order valence-electron chi connectivity index (χ0n) is 12.9. The molecule has 0 spiro atoms. The van der Waals surface area contributed by atoms with Gasteiger partial charge in [0.05, 0.1) is 46.2 Å². The number of carbonyl (C=O) groups excluding carboxylic acids is 1. The molecule has 0 aromatic carbocycles. The summed E-state index contributed by atoms with van der Waals surface area (Å²) in [7, 11) is 1.63. The molecule has 0 rings (SSSR count). The minimum Gasteiger partial charge on any atom is -0.464 e. The molecule has 120 valence electrons. The van der Waals surface area contributed by atoms with Crippen molar-refractivity contribution in [3.05, 3.63) is 0 Å². The lowest BCUT2D eigenvalue weighted by atomic mass is 10.2. The quantitative estimate of drug-likeness (QED) is 0.356. The largest absolute Gasteiger partial charge is 0.464 e. The Bertz CT molecular complexity index is 222. The molecule has 0 aromatic rings. The van der Waals surface area contributed by atoms with Crippen molar-refractivity contribution < 1.29 is 28.5 Å². The van der Waals surface area contributed by atoms with Crippen LogP contribution >= 0.6 is 0 Å². The second kappa shape index (κ2) is 14.7. The Morgan fingerprint density at radius 3 is 2.10 bits per heavy atom. The van der Waals surface area contributed by atoms with Crippen molar-refractivity contribution in [2.75, 3.05) is 53.4 Å². The standard InChI is InChI=1S/C14H28O6/c1-4-6-13(14(15)19-5-2)20-12-11-18-10-9-17-8-7-16-3/h13H,4-12H2,1-3H3. The summed E-state index contributed by atoms with van der Waals surface area (Å²) in [6.45, 7) is 7.16. The number of esters is 1. The van der Waals surface area contributed by atoms with E-state index in [9.17, 15) is 4.79 Å². The number of methoxy groups -OCH3 is 1. The van der Waals surface area contributed by atoms with E-state index in [0.717, 1.165) is 6.42 Å². The lowest BCUT2D eigenvalue weighted by molar-refractivity contribution is -0.158. The molecular formula is C14H28O6. The normalized spacial score (nSPS) is 12.3. The first kappa shape index (κ1) is 19.3. The van der Waals surface area contributed by atoms with Crippen molar-refractivity contribution in [1.29, 1.82) is 0 Å². The Labute approximate surface area is 121 Å². The Morgan fingerprint density at radius 1 is 0.950 bits per heavy atom. The number of carbonyl (C=O) groups is 1. The molecule has 0 amide bonds. The highest BCUT2D eigenvalue weighted by Crippen LogP contribution is 2.04. The highest BCUT2D eigenvalue weighted by Gasteiger charge is 2.18. The van der Waals surface area contributed by atoms with Gasteiger partial charge in [-0.2, -0.15) is 0 Å². The Kier molecular flexibility index (Phi) is 14.2. The molecule has 0 aliphatic carbocycles. The fourth-order valence-electron chi connectivity index (χ4n) is 1.48. The number of ether oxygens (including phenoxy) is 5. The van der Waals surface area contributed by atoms with Crippen molar-refractivity contribution in [2.45, 2.75) is 32.8 Å². The van der Waals surface area contributed by atoms with Gasteiger partial charge in [-0.1, -0.05) is 13.3 Å². The molecule has 0 radical (unpaired) electrons. The highest BCUT2D eigenvalue weighted by atomic mass is 16.6. The van der Waals surface area contributed by atoms with Gasteiger partial charge in [0, 0.05) is 7.11 Å². The Morgan fingerprint density at radius 2 is 1.55 bits per heavy atom. The first-order chi connectivity index (χ1) is 9.76. The van der Waals surface area contributed by atoms with Crippen LogP contribution in [-0.2, 0) is 28.5 Å². The molecule has 1 unspecified atom stereocenters. The molecule has 0 bridgehead atoms. The summed E-state index contributed by atoms with van der Waals surface area (Å²) in [6, 6.07) is 0. The van der Waals surface area contributed by atoms with E-state index in [1.807, 2.05) is 6.92 Å². The third-order valence-corrected chi connectivity index (χ3v) is 2.45. The van der Waals surface area contributed by atoms with Gasteiger partial charge >= 0.3 is 5.97 Å². The molecule has 0 N–H and O–H groups in total. The Hall–Kier alpha value is -0.690. The summed E-state index contributed by atoms with van der Waals surface area (Å²) >= 11 is 0. The van der Waals surface area contributed by atoms with E-state index < -0.39 is 6.10 Å². The van der Waals surface area contributed by atoms with Crippen LogP contribution in [0, 0.1) is 0 Å². The van der Waals surface area contributed by atoms with Crippen molar-refractivity contribution in [2.24, 2.45) is 0 Å². The van der Waals surface area contributed by atoms with Crippen molar-refractivity contribution >= 4 is 5.97 Å². The SMILES string of the molecule is CCCC(OCCOCCOCCOC)C(=O)OCC. The van der Waals surface area contributed by atoms with Gasteiger partial charge in [-0.15, -0.1) is 0 Å². The average molecular weight is 292 g/mol. The first-order valence-electron chi connectivity index (χ1n) is 7.18. The molecule has 0 fully saturated rings. The van der Waals surface area contributed by atoms with Crippen molar-refractivity contribution in [3.8, 4) is 0 Å². The maximum Gasteiger partial charge on any atom is 0.335 e. The topological polar surface area (TPSA) is 63.2 Å². The van der Waals surface area contributed by atoms with Gasteiger partial charge < -0.3 is 23.7 Å². The van der Waals surface area contributed by atoms with Crippen molar-refractivity contribution in [1.82, 2.24) is 0 Å². The maximum absolute atomic E-state index is 11.6. The van der Waals surface area contributed by atoms with Gasteiger partial charge in [-0.25, -0.2) is 4.79 Å². The lowest BCUT2D eigenvalue weighted by Gasteiger charge is -2.15. The van der Waals surface area contributed by atoms with Crippen LogP contribution < -0.4 is 0 Å². The molecule has 0 aromatic heterocycles. The summed E-state index contributed by atoms with van der Waals surface area (Å²) in [5, 5.41) is 0. The van der Waals surface area contributed by atoms with Crippen LogP contribution in [0.5, 0.6) is 0 Å². The van der Waals surface area contributed by atoms with Crippen LogP contribution in [0.3, 0.4) is 0 Å². The van der Waals surface area contributed by atoms with E-state index in [1.54, 1.807) is 14.0 Å². The Balaban J connectivity index is 3.51. The molecule has 1 atom stereocenters. The molecule has 6 heteroatoms. The summed E-state index contributed by atoms with van der Waals surface area (Å²) in [6.07, 6.45) is 1.05. The van der Waals surface area contributed by atoms with Crippen LogP contribution in [0.15, 0.2) is 0 Å². The molecule has 0 saturated heterocycles. The zero-order chi connectivity index (χ0) is 15.1. The van der Waals surface area contributed by atoms with Gasteiger partial charge in [-0.3, -0.25) is 0 Å². The predicted molar refractivity (Wildman–Crippen MR) is 74.8 cm³/mol. The molecular weight excluding hydrogens is 264 g/mol. The monoisotopic (exact) mass is 292 g/mol. The zero-order valence-corrected chi connectivity index (χ0v) is 12.9. The van der Waals surface area contributed by atoms with E-state index in [1.165, 1.54) is 0 Å². The summed E-state index contributed by atoms with van der Waals surface area (Å²) in [5.74, 6) is -0.294. The minimum absolute atomic E-state index is 0.294. The number of hydrogen-bond acceptors (Lipinski definition) is 6. The molecule has 6 nitrogen and oxygen atoms in total. The average Bonchev–Trinajstić information content (AvgIpc) is 2.44. The van der Waals surface area contributed by atoms with Gasteiger partial charge in [-0.05, 0) is 13.3 Å².